The lowest BCUT2D eigenvalue weighted by Gasteiger charge is -2.15. The highest BCUT2D eigenvalue weighted by molar-refractivity contribution is 6.21. The van der Waals surface area contributed by atoms with Gasteiger partial charge in [0.2, 0.25) is 0 Å². The minimum absolute atomic E-state index is 0.231. The van der Waals surface area contributed by atoms with Crippen LogP contribution >= 0.6 is 0 Å². The quantitative estimate of drug-likeness (QED) is 0.248. The first-order valence-corrected chi connectivity index (χ1v) is 12.8. The Balaban J connectivity index is 1.36. The van der Waals surface area contributed by atoms with Gasteiger partial charge in [-0.2, -0.15) is 0 Å². The van der Waals surface area contributed by atoms with Crippen molar-refractivity contribution in [2.75, 3.05) is 6.54 Å². The molecule has 2 heterocycles. The van der Waals surface area contributed by atoms with Crippen molar-refractivity contribution in [1.29, 1.82) is 0 Å². The number of hydrogen-bond acceptors (Lipinski definition) is 3. The number of ether oxygens (including phenoxy) is 1. The molecule has 0 fully saturated rings. The number of fused-ring (bicyclic) bond motifs is 2. The van der Waals surface area contributed by atoms with Gasteiger partial charge in [-0.05, 0) is 79.4 Å². The van der Waals surface area contributed by atoms with Gasteiger partial charge in [-0.3, -0.25) is 14.5 Å². The predicted molar refractivity (Wildman–Crippen MR) is 149 cm³/mol. The minimum atomic E-state index is -0.231. The minimum Gasteiger partial charge on any atom is -0.489 e. The van der Waals surface area contributed by atoms with E-state index in [0.29, 0.717) is 30.7 Å². The molecule has 0 saturated carbocycles. The number of hydrogen-bond donors (Lipinski definition) is 1. The third-order valence-electron chi connectivity index (χ3n) is 7.10. The average Bonchev–Trinajstić information content (AvgIpc) is 3.40. The molecule has 4 aromatic carbocycles. The molecule has 6 rings (SSSR count). The van der Waals surface area contributed by atoms with Gasteiger partial charge in [0.15, 0.2) is 0 Å². The van der Waals surface area contributed by atoms with Crippen molar-refractivity contribution in [2.45, 2.75) is 26.9 Å². The smallest absolute Gasteiger partial charge is 0.261 e. The molecule has 2 amide bonds. The molecular weight excluding hydrogens is 472 g/mol. The first kappa shape index (κ1) is 23.7. The number of nitrogens with one attached hydrogen (secondary N) is 1. The van der Waals surface area contributed by atoms with Gasteiger partial charge in [0.1, 0.15) is 12.4 Å². The average molecular weight is 501 g/mol. The number of imide groups is 1. The van der Waals surface area contributed by atoms with Crippen LogP contribution in [0.25, 0.3) is 22.2 Å². The van der Waals surface area contributed by atoms with E-state index in [1.165, 1.54) is 16.0 Å². The van der Waals surface area contributed by atoms with Gasteiger partial charge in [-0.25, -0.2) is 0 Å². The highest BCUT2D eigenvalue weighted by Crippen LogP contribution is 2.35. The lowest BCUT2D eigenvalue weighted by atomic mass is 9.99. The van der Waals surface area contributed by atoms with Gasteiger partial charge >= 0.3 is 0 Å². The topological polar surface area (TPSA) is 62.4 Å². The van der Waals surface area contributed by atoms with E-state index in [2.05, 4.69) is 43.1 Å². The standard InChI is InChI=1S/C33H28N2O3/c1-21-16-22(2)18-24(17-21)31-26(14-15-35-32(36)27-10-6-7-11-28(27)33(35)37)29-19-25(12-13-30(29)34-31)38-20-23-8-4-3-5-9-23/h3-13,16-19,34H,14-15,20H2,1-2H3. The van der Waals surface area contributed by atoms with E-state index in [4.69, 9.17) is 4.74 Å². The van der Waals surface area contributed by atoms with Gasteiger partial charge in [-0.1, -0.05) is 59.7 Å². The predicted octanol–water partition coefficient (Wildman–Crippen LogP) is 6.87. The molecular formula is C33H28N2O3. The summed E-state index contributed by atoms with van der Waals surface area (Å²) in [5.74, 6) is 0.310. The van der Waals surface area contributed by atoms with Crippen molar-refractivity contribution in [3.63, 3.8) is 0 Å². The summed E-state index contributed by atoms with van der Waals surface area (Å²) in [6, 6.07) is 29.6. The van der Waals surface area contributed by atoms with Crippen molar-refractivity contribution in [2.24, 2.45) is 0 Å². The van der Waals surface area contributed by atoms with Crippen molar-refractivity contribution < 1.29 is 14.3 Å². The molecule has 1 aliphatic rings. The van der Waals surface area contributed by atoms with Crippen LogP contribution in [0.15, 0.2) is 91.0 Å². The van der Waals surface area contributed by atoms with Gasteiger partial charge in [0.25, 0.3) is 11.8 Å². The van der Waals surface area contributed by atoms with Crippen molar-refractivity contribution in [3.8, 4) is 17.0 Å². The zero-order chi connectivity index (χ0) is 26.2. The molecule has 1 N–H and O–H groups in total. The number of amides is 2. The van der Waals surface area contributed by atoms with E-state index < -0.39 is 0 Å². The van der Waals surface area contributed by atoms with Crippen LogP contribution in [0.3, 0.4) is 0 Å². The molecule has 0 aliphatic carbocycles. The summed E-state index contributed by atoms with van der Waals surface area (Å²) in [7, 11) is 0. The Bertz CT molecular complexity index is 1630. The molecule has 0 saturated heterocycles. The molecule has 0 radical (unpaired) electrons. The summed E-state index contributed by atoms with van der Waals surface area (Å²) in [6.45, 7) is 4.96. The number of carbonyl (C=O) groups excluding carboxylic acids is 2. The van der Waals surface area contributed by atoms with E-state index in [9.17, 15) is 9.59 Å². The van der Waals surface area contributed by atoms with E-state index in [0.717, 1.165) is 39.0 Å². The molecule has 5 heteroatoms. The third-order valence-corrected chi connectivity index (χ3v) is 7.10. The normalized spacial score (nSPS) is 12.8. The van der Waals surface area contributed by atoms with Gasteiger partial charge in [0.05, 0.1) is 11.1 Å². The van der Waals surface area contributed by atoms with Crippen molar-refractivity contribution in [1.82, 2.24) is 9.88 Å². The molecule has 5 nitrogen and oxygen atoms in total. The summed E-state index contributed by atoms with van der Waals surface area (Å²) < 4.78 is 6.13. The molecule has 0 bridgehead atoms. The Hall–Kier alpha value is -4.64. The number of aromatic nitrogens is 1. The Morgan fingerprint density at radius 3 is 2.11 bits per heavy atom. The van der Waals surface area contributed by atoms with E-state index in [1.54, 1.807) is 24.3 Å². The van der Waals surface area contributed by atoms with Gasteiger partial charge in [-0.15, -0.1) is 0 Å². The molecule has 1 aliphatic heterocycles. The van der Waals surface area contributed by atoms with E-state index >= 15 is 0 Å². The number of aryl methyl sites for hydroxylation is 2. The molecule has 38 heavy (non-hydrogen) atoms. The van der Waals surface area contributed by atoms with Gasteiger partial charge < -0.3 is 9.72 Å². The molecule has 0 atom stereocenters. The van der Waals surface area contributed by atoms with Crippen molar-refractivity contribution in [3.05, 3.63) is 124 Å². The second-order valence-corrected chi connectivity index (χ2v) is 9.89. The fraction of sp³-hybridized carbons (Fsp3) is 0.152. The van der Waals surface area contributed by atoms with Crippen LogP contribution in [0, 0.1) is 13.8 Å². The summed E-state index contributed by atoms with van der Waals surface area (Å²) >= 11 is 0. The van der Waals surface area contributed by atoms with Crippen LogP contribution in [-0.4, -0.2) is 28.2 Å². The Morgan fingerprint density at radius 2 is 1.42 bits per heavy atom. The second kappa shape index (κ2) is 9.67. The number of H-pyrrole nitrogens is 1. The van der Waals surface area contributed by atoms with Crippen LogP contribution in [0.5, 0.6) is 5.75 Å². The molecule has 188 valence electrons. The maximum atomic E-state index is 13.0. The highest BCUT2D eigenvalue weighted by atomic mass is 16.5. The Morgan fingerprint density at radius 1 is 0.763 bits per heavy atom. The summed E-state index contributed by atoms with van der Waals surface area (Å²) in [6.07, 6.45) is 0.524. The van der Waals surface area contributed by atoms with Crippen LogP contribution < -0.4 is 4.74 Å². The zero-order valence-corrected chi connectivity index (χ0v) is 21.5. The molecule has 0 spiro atoms. The highest BCUT2D eigenvalue weighted by Gasteiger charge is 2.35. The number of carbonyl (C=O) groups is 2. The fourth-order valence-corrected chi connectivity index (χ4v) is 5.35. The number of benzene rings is 4. The SMILES string of the molecule is Cc1cc(C)cc(-c2[nH]c3ccc(OCc4ccccc4)cc3c2CCN2C(=O)c3ccccc3C2=O)c1. The van der Waals surface area contributed by atoms with Crippen LogP contribution in [-0.2, 0) is 13.0 Å². The lowest BCUT2D eigenvalue weighted by molar-refractivity contribution is 0.0656. The number of nitrogens with zero attached hydrogens (tertiary/aromatic N) is 1. The number of rotatable bonds is 7. The Kier molecular flexibility index (Phi) is 6.04. The maximum Gasteiger partial charge on any atom is 0.261 e. The summed E-state index contributed by atoms with van der Waals surface area (Å²) in [5.41, 5.74) is 8.55. The third kappa shape index (κ3) is 4.37. The first-order chi connectivity index (χ1) is 18.5. The van der Waals surface area contributed by atoms with Gasteiger partial charge in [0, 0.05) is 23.1 Å². The van der Waals surface area contributed by atoms with Crippen LogP contribution in [0.1, 0.15) is 43.0 Å². The van der Waals surface area contributed by atoms with E-state index in [-0.39, 0.29) is 11.8 Å². The second-order valence-electron chi connectivity index (χ2n) is 9.89. The first-order valence-electron chi connectivity index (χ1n) is 12.8. The summed E-state index contributed by atoms with van der Waals surface area (Å²) in [4.78, 5) is 31.0. The zero-order valence-electron chi connectivity index (χ0n) is 21.5. The molecule has 0 unspecified atom stereocenters. The number of aromatic amines is 1. The van der Waals surface area contributed by atoms with Crippen LogP contribution in [0.4, 0.5) is 0 Å². The largest absolute Gasteiger partial charge is 0.489 e. The van der Waals surface area contributed by atoms with Crippen LogP contribution in [0.2, 0.25) is 0 Å². The Labute approximate surface area is 221 Å². The molecule has 1 aromatic heterocycles. The lowest BCUT2D eigenvalue weighted by Crippen LogP contribution is -2.31. The maximum absolute atomic E-state index is 13.0. The van der Waals surface area contributed by atoms with Crippen molar-refractivity contribution >= 4 is 22.7 Å². The fourth-order valence-electron chi connectivity index (χ4n) is 5.35. The monoisotopic (exact) mass is 500 g/mol. The van der Waals surface area contributed by atoms with E-state index in [1.807, 2.05) is 42.5 Å². The molecule has 5 aromatic rings. The summed E-state index contributed by atoms with van der Waals surface area (Å²) in [5, 5.41) is 1.03.